The average molecular weight is 326 g/mol. The molecule has 1 atom stereocenters. The fraction of sp³-hybridized carbons (Fsp3) is 0.250. The van der Waals surface area contributed by atoms with E-state index in [9.17, 15) is 4.79 Å². The summed E-state index contributed by atoms with van der Waals surface area (Å²) < 4.78 is 10.8. The number of halogens is 1. The van der Waals surface area contributed by atoms with E-state index in [0.717, 1.165) is 4.47 Å². The first-order chi connectivity index (χ1) is 9.08. The number of aryl methyl sites for hydroxylation is 1. The number of ether oxygens (including phenoxy) is 1. The van der Waals surface area contributed by atoms with Gasteiger partial charge < -0.3 is 10.1 Å². The van der Waals surface area contributed by atoms with E-state index in [-0.39, 0.29) is 5.91 Å². The number of rotatable bonds is 4. The van der Waals surface area contributed by atoms with Crippen molar-refractivity contribution >= 4 is 27.7 Å². The van der Waals surface area contributed by atoms with Crippen LogP contribution in [0.5, 0.6) is 5.75 Å². The SMILES string of the molecule is Cc1nonc1NC(=O)[C@@H](C)Oc1ccccc1Br. The molecule has 0 saturated carbocycles. The van der Waals surface area contributed by atoms with Crippen LogP contribution in [-0.2, 0) is 4.79 Å². The summed E-state index contributed by atoms with van der Waals surface area (Å²) in [6.07, 6.45) is -0.671. The van der Waals surface area contributed by atoms with E-state index < -0.39 is 6.10 Å². The lowest BCUT2D eigenvalue weighted by atomic mass is 10.3. The maximum absolute atomic E-state index is 11.9. The average Bonchev–Trinajstić information content (AvgIpc) is 2.78. The molecule has 0 unspecified atom stereocenters. The van der Waals surface area contributed by atoms with Crippen LogP contribution < -0.4 is 10.1 Å². The van der Waals surface area contributed by atoms with Gasteiger partial charge in [0.1, 0.15) is 11.4 Å². The van der Waals surface area contributed by atoms with Crippen LogP contribution in [0.1, 0.15) is 12.6 Å². The molecule has 0 fully saturated rings. The molecule has 7 heteroatoms. The molecule has 0 saturated heterocycles. The number of aromatic nitrogens is 2. The number of hydrogen-bond acceptors (Lipinski definition) is 5. The highest BCUT2D eigenvalue weighted by Gasteiger charge is 2.18. The van der Waals surface area contributed by atoms with Crippen molar-refractivity contribution in [3.63, 3.8) is 0 Å². The van der Waals surface area contributed by atoms with Gasteiger partial charge in [-0.1, -0.05) is 17.3 Å². The molecule has 0 radical (unpaired) electrons. The Balaban J connectivity index is 2.00. The van der Waals surface area contributed by atoms with E-state index in [1.807, 2.05) is 18.2 Å². The molecular formula is C12H12BrN3O3. The van der Waals surface area contributed by atoms with Crippen molar-refractivity contribution in [2.24, 2.45) is 0 Å². The number of hydrogen-bond donors (Lipinski definition) is 1. The van der Waals surface area contributed by atoms with Crippen LogP contribution in [0.4, 0.5) is 5.82 Å². The number of nitrogens with zero attached hydrogens (tertiary/aromatic N) is 2. The van der Waals surface area contributed by atoms with Crippen molar-refractivity contribution in [3.8, 4) is 5.75 Å². The second-order valence-corrected chi connectivity index (χ2v) is 4.73. The highest BCUT2D eigenvalue weighted by molar-refractivity contribution is 9.10. The van der Waals surface area contributed by atoms with Gasteiger partial charge in [-0.15, -0.1) is 0 Å². The molecule has 1 heterocycles. The summed E-state index contributed by atoms with van der Waals surface area (Å²) in [7, 11) is 0. The first-order valence-electron chi connectivity index (χ1n) is 5.59. The first kappa shape index (κ1) is 13.5. The van der Waals surface area contributed by atoms with Gasteiger partial charge in [-0.25, -0.2) is 4.63 Å². The highest BCUT2D eigenvalue weighted by atomic mass is 79.9. The number of nitrogens with one attached hydrogen (secondary N) is 1. The van der Waals surface area contributed by atoms with Crippen molar-refractivity contribution in [1.82, 2.24) is 10.3 Å². The fourth-order valence-electron chi connectivity index (χ4n) is 1.35. The van der Waals surface area contributed by atoms with E-state index in [1.165, 1.54) is 0 Å². The van der Waals surface area contributed by atoms with Gasteiger partial charge in [0.25, 0.3) is 5.91 Å². The van der Waals surface area contributed by atoms with Crippen LogP contribution >= 0.6 is 15.9 Å². The third-order valence-corrected chi connectivity index (χ3v) is 3.06. The van der Waals surface area contributed by atoms with E-state index in [1.54, 1.807) is 19.9 Å². The van der Waals surface area contributed by atoms with Gasteiger partial charge in [0.2, 0.25) is 0 Å². The van der Waals surface area contributed by atoms with Crippen LogP contribution in [0.3, 0.4) is 0 Å². The zero-order chi connectivity index (χ0) is 13.8. The van der Waals surface area contributed by atoms with Gasteiger partial charge in [-0.05, 0) is 47.1 Å². The molecule has 1 aromatic carbocycles. The molecule has 2 rings (SSSR count). The van der Waals surface area contributed by atoms with E-state index in [4.69, 9.17) is 4.74 Å². The number of amides is 1. The Labute approximate surface area is 118 Å². The van der Waals surface area contributed by atoms with Crippen molar-refractivity contribution in [2.45, 2.75) is 20.0 Å². The van der Waals surface area contributed by atoms with E-state index in [0.29, 0.717) is 17.3 Å². The largest absolute Gasteiger partial charge is 0.480 e. The second-order valence-electron chi connectivity index (χ2n) is 3.88. The standard InChI is InChI=1S/C12H12BrN3O3/c1-7-11(16-19-15-7)14-12(17)8(2)18-10-6-4-3-5-9(10)13/h3-6,8H,1-2H3,(H,14,16,17)/t8-/m1/s1. The Kier molecular flexibility index (Phi) is 4.16. The Morgan fingerprint density at radius 1 is 1.42 bits per heavy atom. The Hall–Kier alpha value is -1.89. The quantitative estimate of drug-likeness (QED) is 0.934. The van der Waals surface area contributed by atoms with Crippen molar-refractivity contribution in [1.29, 1.82) is 0 Å². The minimum absolute atomic E-state index is 0.299. The Bertz CT molecular complexity index is 585. The number of carbonyl (C=O) groups excluding carboxylic acids is 1. The van der Waals surface area contributed by atoms with Crippen LogP contribution in [0, 0.1) is 6.92 Å². The van der Waals surface area contributed by atoms with Crippen LogP contribution in [0.25, 0.3) is 0 Å². The Morgan fingerprint density at radius 2 is 2.16 bits per heavy atom. The number of carbonyl (C=O) groups is 1. The molecule has 0 aliphatic carbocycles. The van der Waals surface area contributed by atoms with Crippen molar-refractivity contribution < 1.29 is 14.2 Å². The number of para-hydroxylation sites is 1. The first-order valence-corrected chi connectivity index (χ1v) is 6.38. The smallest absolute Gasteiger partial charge is 0.266 e. The van der Waals surface area contributed by atoms with Crippen LogP contribution in [0.2, 0.25) is 0 Å². The summed E-state index contributed by atoms with van der Waals surface area (Å²) >= 11 is 3.35. The zero-order valence-electron chi connectivity index (χ0n) is 10.4. The molecule has 1 aromatic heterocycles. The molecule has 1 amide bonds. The Morgan fingerprint density at radius 3 is 2.79 bits per heavy atom. The maximum atomic E-state index is 11.9. The van der Waals surface area contributed by atoms with Gasteiger partial charge >= 0.3 is 0 Å². The topological polar surface area (TPSA) is 77.3 Å². The second kappa shape index (κ2) is 5.83. The lowest BCUT2D eigenvalue weighted by Gasteiger charge is -2.14. The minimum atomic E-state index is -0.671. The lowest BCUT2D eigenvalue weighted by Crippen LogP contribution is -2.30. The third kappa shape index (κ3) is 3.31. The molecular weight excluding hydrogens is 314 g/mol. The van der Waals surface area contributed by atoms with Gasteiger partial charge in [0, 0.05) is 0 Å². The van der Waals surface area contributed by atoms with Gasteiger partial charge in [-0.2, -0.15) is 0 Å². The molecule has 19 heavy (non-hydrogen) atoms. The molecule has 0 aliphatic rings. The van der Waals surface area contributed by atoms with Gasteiger partial charge in [0.15, 0.2) is 11.9 Å². The molecule has 6 nitrogen and oxygen atoms in total. The number of anilines is 1. The predicted octanol–water partition coefficient (Wildman–Crippen LogP) is 2.55. The molecule has 0 aliphatic heterocycles. The molecule has 2 aromatic rings. The highest BCUT2D eigenvalue weighted by Crippen LogP contribution is 2.25. The van der Waals surface area contributed by atoms with Crippen LogP contribution in [0.15, 0.2) is 33.4 Å². The number of benzene rings is 1. The van der Waals surface area contributed by atoms with Crippen molar-refractivity contribution in [3.05, 3.63) is 34.4 Å². The summed E-state index contributed by atoms with van der Waals surface area (Å²) in [5.74, 6) is 0.572. The molecule has 0 spiro atoms. The normalized spacial score (nSPS) is 11.9. The molecule has 1 N–H and O–H groups in total. The molecule has 0 bridgehead atoms. The fourth-order valence-corrected chi connectivity index (χ4v) is 1.73. The summed E-state index contributed by atoms with van der Waals surface area (Å²) in [6, 6.07) is 7.31. The van der Waals surface area contributed by atoms with Gasteiger partial charge in [0.05, 0.1) is 4.47 Å². The molecule has 100 valence electrons. The minimum Gasteiger partial charge on any atom is -0.480 e. The summed E-state index contributed by atoms with van der Waals surface area (Å²) in [6.45, 7) is 3.34. The summed E-state index contributed by atoms with van der Waals surface area (Å²) in [5, 5.41) is 9.74. The monoisotopic (exact) mass is 325 g/mol. The van der Waals surface area contributed by atoms with E-state index >= 15 is 0 Å². The van der Waals surface area contributed by atoms with Crippen LogP contribution in [-0.4, -0.2) is 22.3 Å². The van der Waals surface area contributed by atoms with E-state index in [2.05, 4.69) is 36.2 Å². The summed E-state index contributed by atoms with van der Waals surface area (Å²) in [5.41, 5.74) is 0.515. The van der Waals surface area contributed by atoms with Crippen molar-refractivity contribution in [2.75, 3.05) is 5.32 Å². The third-order valence-electron chi connectivity index (χ3n) is 2.40. The maximum Gasteiger partial charge on any atom is 0.266 e. The summed E-state index contributed by atoms with van der Waals surface area (Å²) in [4.78, 5) is 11.9. The zero-order valence-corrected chi connectivity index (χ0v) is 12.0. The van der Waals surface area contributed by atoms with Gasteiger partial charge in [-0.3, -0.25) is 4.79 Å². The lowest BCUT2D eigenvalue weighted by molar-refractivity contribution is -0.122. The predicted molar refractivity (Wildman–Crippen MR) is 71.9 cm³/mol.